The van der Waals surface area contributed by atoms with Gasteiger partial charge in [0.25, 0.3) is 0 Å². The molecule has 2 amide bonds. The molecule has 0 unspecified atom stereocenters. The molecule has 33 heavy (non-hydrogen) atoms. The zero-order chi connectivity index (χ0) is 23.0. The average Bonchev–Trinajstić information content (AvgIpc) is 3.18. The maximum atomic E-state index is 13.7. The molecular weight excluding hydrogens is 412 g/mol. The van der Waals surface area contributed by atoms with E-state index >= 15 is 0 Å². The summed E-state index contributed by atoms with van der Waals surface area (Å²) in [5.41, 5.74) is 3.07. The molecule has 6 nitrogen and oxygen atoms in total. The lowest BCUT2D eigenvalue weighted by molar-refractivity contribution is -0.135. The van der Waals surface area contributed by atoms with Crippen molar-refractivity contribution in [2.24, 2.45) is 0 Å². The van der Waals surface area contributed by atoms with Gasteiger partial charge in [0.1, 0.15) is 12.4 Å². The summed E-state index contributed by atoms with van der Waals surface area (Å²) >= 11 is 0. The van der Waals surface area contributed by atoms with E-state index in [0.29, 0.717) is 32.1 Å². The Balaban J connectivity index is 1.56. The minimum atomic E-state index is -0.0253. The molecule has 2 aromatic carbocycles. The minimum absolute atomic E-state index is 0.0253. The molecule has 0 atom stereocenters. The van der Waals surface area contributed by atoms with Crippen LogP contribution >= 0.6 is 0 Å². The number of fused-ring (bicyclic) bond motifs is 1. The summed E-state index contributed by atoms with van der Waals surface area (Å²) in [6, 6.07) is 18.6. The van der Waals surface area contributed by atoms with Crippen LogP contribution in [0.2, 0.25) is 0 Å². The first kappa shape index (κ1) is 23.0. The fourth-order valence-corrected chi connectivity index (χ4v) is 4.82. The molecule has 1 aliphatic carbocycles. The number of aryl methyl sites for hydroxylation is 1. The number of imidazole rings is 1. The quantitative estimate of drug-likeness (QED) is 0.493. The highest BCUT2D eigenvalue weighted by molar-refractivity contribution is 5.81. The molecule has 1 saturated carbocycles. The van der Waals surface area contributed by atoms with Gasteiger partial charge in [0.05, 0.1) is 11.0 Å². The molecule has 0 aliphatic heterocycles. The van der Waals surface area contributed by atoms with Crippen LogP contribution in [0.4, 0.5) is 0 Å². The van der Waals surface area contributed by atoms with Crippen molar-refractivity contribution >= 4 is 22.8 Å². The Labute approximate surface area is 196 Å². The molecule has 1 aliphatic rings. The largest absolute Gasteiger partial charge is 0.356 e. The van der Waals surface area contributed by atoms with Gasteiger partial charge in [-0.05, 0) is 37.0 Å². The monoisotopic (exact) mass is 446 g/mol. The van der Waals surface area contributed by atoms with Crippen LogP contribution in [0.5, 0.6) is 0 Å². The van der Waals surface area contributed by atoms with Crippen molar-refractivity contribution in [3.8, 4) is 0 Å². The third kappa shape index (κ3) is 6.01. The van der Waals surface area contributed by atoms with Crippen molar-refractivity contribution in [2.75, 3.05) is 6.54 Å². The van der Waals surface area contributed by atoms with Gasteiger partial charge in [-0.3, -0.25) is 9.59 Å². The molecular formula is C27H34N4O2. The van der Waals surface area contributed by atoms with Crippen LogP contribution in [0.25, 0.3) is 11.0 Å². The van der Waals surface area contributed by atoms with E-state index in [2.05, 4.69) is 26.9 Å². The highest BCUT2D eigenvalue weighted by Crippen LogP contribution is 2.25. The number of hydrogen-bond donors (Lipinski definition) is 1. The molecule has 1 aromatic heterocycles. The molecule has 0 radical (unpaired) electrons. The smallest absolute Gasteiger partial charge is 0.243 e. The number of carbonyl (C=O) groups excluding carboxylic acids is 2. The Kier molecular flexibility index (Phi) is 7.76. The third-order valence-electron chi connectivity index (χ3n) is 6.51. The predicted octanol–water partition coefficient (Wildman–Crippen LogP) is 4.47. The van der Waals surface area contributed by atoms with E-state index in [9.17, 15) is 9.59 Å². The summed E-state index contributed by atoms with van der Waals surface area (Å²) in [4.78, 5) is 31.9. The van der Waals surface area contributed by atoms with Gasteiger partial charge in [-0.15, -0.1) is 0 Å². The van der Waals surface area contributed by atoms with Crippen molar-refractivity contribution in [3.63, 3.8) is 0 Å². The Morgan fingerprint density at radius 3 is 2.52 bits per heavy atom. The maximum absolute atomic E-state index is 13.7. The van der Waals surface area contributed by atoms with E-state index in [0.717, 1.165) is 36.1 Å². The van der Waals surface area contributed by atoms with Crippen LogP contribution in [-0.2, 0) is 29.1 Å². The highest BCUT2D eigenvalue weighted by Gasteiger charge is 2.26. The summed E-state index contributed by atoms with van der Waals surface area (Å²) in [5, 5.41) is 2.85. The lowest BCUT2D eigenvalue weighted by Gasteiger charge is -2.35. The van der Waals surface area contributed by atoms with Crippen molar-refractivity contribution in [1.29, 1.82) is 0 Å². The second kappa shape index (κ2) is 11.1. The van der Waals surface area contributed by atoms with E-state index < -0.39 is 0 Å². The molecule has 0 spiro atoms. The van der Waals surface area contributed by atoms with Gasteiger partial charge in [0.15, 0.2) is 0 Å². The predicted molar refractivity (Wildman–Crippen MR) is 131 cm³/mol. The van der Waals surface area contributed by atoms with Crippen LogP contribution in [0.1, 0.15) is 56.8 Å². The third-order valence-corrected chi connectivity index (χ3v) is 6.51. The normalized spacial score (nSPS) is 14.3. The summed E-state index contributed by atoms with van der Waals surface area (Å²) in [6.07, 6.45) is 7.28. The zero-order valence-corrected chi connectivity index (χ0v) is 19.5. The van der Waals surface area contributed by atoms with Gasteiger partial charge in [0.2, 0.25) is 11.8 Å². The van der Waals surface area contributed by atoms with E-state index in [1.165, 1.54) is 31.7 Å². The molecule has 1 N–H and O–H groups in total. The summed E-state index contributed by atoms with van der Waals surface area (Å²) in [7, 11) is 0. The number of amides is 2. The Bertz CT molecular complexity index is 1070. The van der Waals surface area contributed by atoms with Crippen LogP contribution < -0.4 is 5.32 Å². The molecule has 1 heterocycles. The zero-order valence-electron chi connectivity index (χ0n) is 19.5. The fraction of sp³-hybridized carbons (Fsp3) is 0.444. The summed E-state index contributed by atoms with van der Waals surface area (Å²) in [5.74, 6) is 1.03. The molecule has 174 valence electrons. The summed E-state index contributed by atoms with van der Waals surface area (Å²) < 4.78 is 2.08. The first-order valence-electron chi connectivity index (χ1n) is 12.1. The molecule has 6 heteroatoms. The second-order valence-electron chi connectivity index (χ2n) is 8.99. The average molecular weight is 447 g/mol. The van der Waals surface area contributed by atoms with Crippen LogP contribution in [0.3, 0.4) is 0 Å². The van der Waals surface area contributed by atoms with E-state index in [4.69, 9.17) is 4.98 Å². The second-order valence-corrected chi connectivity index (χ2v) is 8.99. The topological polar surface area (TPSA) is 67.2 Å². The number of benzene rings is 2. The van der Waals surface area contributed by atoms with Gasteiger partial charge in [-0.1, -0.05) is 61.7 Å². The first-order valence-corrected chi connectivity index (χ1v) is 12.1. The van der Waals surface area contributed by atoms with Crippen molar-refractivity contribution in [2.45, 2.75) is 71.0 Å². The molecule has 0 bridgehead atoms. The van der Waals surface area contributed by atoms with Gasteiger partial charge < -0.3 is 14.8 Å². The SMILES string of the molecule is CC(=O)NCCCc1nc2ccccc2n1CC(=O)N(Cc1ccccc1)C1CCCCC1. The van der Waals surface area contributed by atoms with Gasteiger partial charge in [-0.2, -0.15) is 0 Å². The fourth-order valence-electron chi connectivity index (χ4n) is 4.82. The number of hydrogen-bond acceptors (Lipinski definition) is 3. The van der Waals surface area contributed by atoms with Crippen LogP contribution in [-0.4, -0.2) is 38.9 Å². The van der Waals surface area contributed by atoms with Gasteiger partial charge in [-0.25, -0.2) is 4.98 Å². The van der Waals surface area contributed by atoms with E-state index in [1.807, 2.05) is 42.5 Å². The lowest BCUT2D eigenvalue weighted by atomic mass is 9.93. The number of para-hydroxylation sites is 2. The maximum Gasteiger partial charge on any atom is 0.243 e. The molecule has 0 saturated heterocycles. The van der Waals surface area contributed by atoms with Crippen molar-refractivity contribution in [3.05, 3.63) is 66.0 Å². The summed E-state index contributed by atoms with van der Waals surface area (Å²) in [6.45, 7) is 3.07. The standard InChI is InChI=1S/C27H34N4O2/c1-21(32)28-18-10-17-26-29-24-15-8-9-16-25(24)31(26)20-27(33)30(23-13-6-3-7-14-23)19-22-11-4-2-5-12-22/h2,4-5,8-9,11-12,15-16,23H,3,6-7,10,13-14,17-20H2,1H3,(H,28,32). The van der Waals surface area contributed by atoms with Gasteiger partial charge >= 0.3 is 0 Å². The Morgan fingerprint density at radius 1 is 1.03 bits per heavy atom. The van der Waals surface area contributed by atoms with Crippen LogP contribution in [0.15, 0.2) is 54.6 Å². The number of aromatic nitrogens is 2. The van der Waals surface area contributed by atoms with Crippen molar-refractivity contribution in [1.82, 2.24) is 19.8 Å². The van der Waals surface area contributed by atoms with Crippen LogP contribution in [0, 0.1) is 0 Å². The highest BCUT2D eigenvalue weighted by atomic mass is 16.2. The van der Waals surface area contributed by atoms with E-state index in [-0.39, 0.29) is 11.8 Å². The number of carbonyl (C=O) groups is 2. The van der Waals surface area contributed by atoms with Crippen molar-refractivity contribution < 1.29 is 9.59 Å². The van der Waals surface area contributed by atoms with E-state index in [1.54, 1.807) is 0 Å². The number of rotatable bonds is 9. The Hall–Kier alpha value is -3.15. The number of nitrogens with zero attached hydrogens (tertiary/aromatic N) is 3. The lowest BCUT2D eigenvalue weighted by Crippen LogP contribution is -2.42. The minimum Gasteiger partial charge on any atom is -0.356 e. The molecule has 4 rings (SSSR count). The molecule has 1 fully saturated rings. The first-order chi connectivity index (χ1) is 16.1. The van der Waals surface area contributed by atoms with Gasteiger partial charge in [0, 0.05) is 32.5 Å². The molecule has 3 aromatic rings. The number of nitrogens with one attached hydrogen (secondary N) is 1. The Morgan fingerprint density at radius 2 is 1.76 bits per heavy atom.